The molecule has 2 aromatic rings. The third kappa shape index (κ3) is 3.79. The van der Waals surface area contributed by atoms with Crippen LogP contribution in [0.25, 0.3) is 0 Å². The summed E-state index contributed by atoms with van der Waals surface area (Å²) in [5.74, 6) is -0.274. The van der Waals surface area contributed by atoms with E-state index in [0.717, 1.165) is 30.7 Å². The van der Waals surface area contributed by atoms with Gasteiger partial charge in [0.15, 0.2) is 5.11 Å². The highest BCUT2D eigenvalue weighted by molar-refractivity contribution is 7.80. The fourth-order valence-electron chi connectivity index (χ4n) is 3.08. The molecule has 0 atom stereocenters. The molecule has 3 nitrogen and oxygen atoms in total. The molecular weight excluding hydrogens is 321 g/mol. The van der Waals surface area contributed by atoms with Crippen LogP contribution < -0.4 is 10.7 Å². The third-order valence-corrected chi connectivity index (χ3v) is 4.36. The number of anilines is 1. The van der Waals surface area contributed by atoms with Crippen LogP contribution >= 0.6 is 12.2 Å². The molecule has 24 heavy (non-hydrogen) atoms. The number of rotatable bonds is 2. The van der Waals surface area contributed by atoms with Gasteiger partial charge in [0.25, 0.3) is 0 Å². The predicted molar refractivity (Wildman–Crippen MR) is 101 cm³/mol. The second kappa shape index (κ2) is 7.09. The second-order valence-corrected chi connectivity index (χ2v) is 6.50. The molecule has 0 saturated carbocycles. The zero-order valence-electron chi connectivity index (χ0n) is 13.8. The molecular formula is C19H20FN3S. The molecule has 0 radical (unpaired) electrons. The average Bonchev–Trinajstić information content (AvgIpc) is 2.55. The number of hydrogen-bond donors (Lipinski definition) is 2. The normalized spacial score (nSPS) is 15.0. The maximum atomic E-state index is 12.9. The molecule has 0 amide bonds. The summed E-state index contributed by atoms with van der Waals surface area (Å²) < 4.78 is 12.9. The lowest BCUT2D eigenvalue weighted by atomic mass is 9.86. The molecule has 2 N–H and O–H groups in total. The lowest BCUT2D eigenvalue weighted by Gasteiger charge is -2.21. The van der Waals surface area contributed by atoms with Crippen LogP contribution in [0.2, 0.25) is 0 Å². The monoisotopic (exact) mass is 341 g/mol. The fourth-order valence-corrected chi connectivity index (χ4v) is 3.24. The maximum absolute atomic E-state index is 12.9. The van der Waals surface area contributed by atoms with Crippen LogP contribution in [0.1, 0.15) is 35.1 Å². The van der Waals surface area contributed by atoms with Gasteiger partial charge in [0, 0.05) is 11.3 Å². The first-order chi connectivity index (χ1) is 11.5. The lowest BCUT2D eigenvalue weighted by molar-refractivity contribution is 0.628. The molecule has 1 aliphatic rings. The molecule has 0 bridgehead atoms. The molecule has 0 aliphatic heterocycles. The number of fused-ring (bicyclic) bond motifs is 1. The Bertz CT molecular complexity index is 797. The summed E-state index contributed by atoms with van der Waals surface area (Å²) in [5, 5.41) is 7.91. The SMILES string of the molecule is Cc1cc(C)c2c(c1)/C(=N\NC(=S)Nc1ccc(F)cc1)CCC2. The summed E-state index contributed by atoms with van der Waals surface area (Å²) in [4.78, 5) is 0. The number of nitrogens with zero attached hydrogens (tertiary/aromatic N) is 1. The Kier molecular flexibility index (Phi) is 4.90. The van der Waals surface area contributed by atoms with Gasteiger partial charge in [-0.15, -0.1) is 0 Å². The molecule has 0 saturated heterocycles. The van der Waals surface area contributed by atoms with E-state index in [1.165, 1.54) is 34.4 Å². The van der Waals surface area contributed by atoms with Crippen molar-refractivity contribution in [2.75, 3.05) is 5.32 Å². The Labute approximate surface area is 147 Å². The van der Waals surface area contributed by atoms with Crippen LogP contribution in [0.15, 0.2) is 41.5 Å². The topological polar surface area (TPSA) is 36.4 Å². The summed E-state index contributed by atoms with van der Waals surface area (Å²) in [6.07, 6.45) is 3.12. The Morgan fingerprint density at radius 3 is 2.62 bits per heavy atom. The number of halogens is 1. The zero-order valence-corrected chi connectivity index (χ0v) is 14.6. The molecule has 124 valence electrons. The minimum Gasteiger partial charge on any atom is -0.331 e. The van der Waals surface area contributed by atoms with Crippen LogP contribution in [-0.4, -0.2) is 10.8 Å². The van der Waals surface area contributed by atoms with E-state index in [-0.39, 0.29) is 5.82 Å². The fraction of sp³-hybridized carbons (Fsp3) is 0.263. The van der Waals surface area contributed by atoms with Gasteiger partial charge in [0.1, 0.15) is 5.82 Å². The van der Waals surface area contributed by atoms with Crippen molar-refractivity contribution in [3.8, 4) is 0 Å². The van der Waals surface area contributed by atoms with Gasteiger partial charge in [0.05, 0.1) is 5.71 Å². The Morgan fingerprint density at radius 2 is 1.88 bits per heavy atom. The van der Waals surface area contributed by atoms with E-state index < -0.39 is 0 Å². The van der Waals surface area contributed by atoms with Crippen molar-refractivity contribution in [2.45, 2.75) is 33.1 Å². The molecule has 2 aromatic carbocycles. The van der Waals surface area contributed by atoms with Gasteiger partial charge in [-0.25, -0.2) is 4.39 Å². The first kappa shape index (κ1) is 16.6. The Morgan fingerprint density at radius 1 is 1.12 bits per heavy atom. The highest BCUT2D eigenvalue weighted by Gasteiger charge is 2.17. The standard InChI is InChI=1S/C19H20FN3S/c1-12-10-13(2)16-4-3-5-18(17(16)11-12)22-23-19(24)21-15-8-6-14(20)7-9-15/h6-11H,3-5H2,1-2H3,(H2,21,23,24)/b22-18-. The number of hydrazone groups is 1. The summed E-state index contributed by atoms with van der Waals surface area (Å²) in [5.41, 5.74) is 9.83. The quantitative estimate of drug-likeness (QED) is 0.625. The number of hydrogen-bond acceptors (Lipinski definition) is 2. The average molecular weight is 341 g/mol. The molecule has 0 aromatic heterocycles. The van der Waals surface area contributed by atoms with Crippen LogP contribution in [-0.2, 0) is 6.42 Å². The molecule has 0 unspecified atom stereocenters. The molecule has 1 aliphatic carbocycles. The van der Waals surface area contributed by atoms with Crippen LogP contribution in [0.5, 0.6) is 0 Å². The van der Waals surface area contributed by atoms with Gasteiger partial charge in [0.2, 0.25) is 0 Å². The second-order valence-electron chi connectivity index (χ2n) is 6.09. The molecule has 3 rings (SSSR count). The number of nitrogens with one attached hydrogen (secondary N) is 2. The first-order valence-electron chi connectivity index (χ1n) is 8.02. The number of benzene rings is 2. The van der Waals surface area contributed by atoms with E-state index in [2.05, 4.69) is 41.8 Å². The Hall–Kier alpha value is -2.27. The maximum Gasteiger partial charge on any atom is 0.191 e. The van der Waals surface area contributed by atoms with Gasteiger partial charge >= 0.3 is 0 Å². The van der Waals surface area contributed by atoms with E-state index in [1.807, 2.05) is 0 Å². The van der Waals surface area contributed by atoms with Crippen LogP contribution in [0.3, 0.4) is 0 Å². The summed E-state index contributed by atoms with van der Waals surface area (Å²) >= 11 is 5.26. The molecule has 0 heterocycles. The number of aryl methyl sites for hydroxylation is 2. The minimum absolute atomic E-state index is 0.274. The molecule has 0 fully saturated rings. The van der Waals surface area contributed by atoms with E-state index in [9.17, 15) is 4.39 Å². The van der Waals surface area contributed by atoms with Gasteiger partial charge in [-0.1, -0.05) is 11.6 Å². The number of thiocarbonyl (C=S) groups is 1. The molecule has 0 spiro atoms. The van der Waals surface area contributed by atoms with E-state index in [1.54, 1.807) is 12.1 Å². The van der Waals surface area contributed by atoms with Crippen molar-refractivity contribution in [3.05, 3.63) is 64.5 Å². The van der Waals surface area contributed by atoms with Crippen molar-refractivity contribution in [3.63, 3.8) is 0 Å². The van der Waals surface area contributed by atoms with Crippen LogP contribution in [0.4, 0.5) is 10.1 Å². The van der Waals surface area contributed by atoms with Crippen LogP contribution in [0, 0.1) is 19.7 Å². The van der Waals surface area contributed by atoms with E-state index in [0.29, 0.717) is 5.11 Å². The van der Waals surface area contributed by atoms with Crippen molar-refractivity contribution in [2.24, 2.45) is 5.10 Å². The third-order valence-electron chi connectivity index (χ3n) is 4.16. The van der Waals surface area contributed by atoms with Crippen molar-refractivity contribution >= 4 is 28.7 Å². The highest BCUT2D eigenvalue weighted by atomic mass is 32.1. The van der Waals surface area contributed by atoms with Crippen molar-refractivity contribution in [1.82, 2.24) is 5.43 Å². The zero-order chi connectivity index (χ0) is 17.1. The van der Waals surface area contributed by atoms with E-state index >= 15 is 0 Å². The lowest BCUT2D eigenvalue weighted by Crippen LogP contribution is -2.26. The summed E-state index contributed by atoms with van der Waals surface area (Å²) in [6, 6.07) is 10.5. The van der Waals surface area contributed by atoms with Gasteiger partial charge in [-0.2, -0.15) is 5.10 Å². The predicted octanol–water partition coefficient (Wildman–Crippen LogP) is 4.47. The Balaban J connectivity index is 1.74. The highest BCUT2D eigenvalue weighted by Crippen LogP contribution is 2.26. The smallest absolute Gasteiger partial charge is 0.191 e. The molecule has 5 heteroatoms. The van der Waals surface area contributed by atoms with E-state index in [4.69, 9.17) is 12.2 Å². The largest absolute Gasteiger partial charge is 0.331 e. The van der Waals surface area contributed by atoms with Gasteiger partial charge < -0.3 is 5.32 Å². The summed E-state index contributed by atoms with van der Waals surface area (Å²) in [7, 11) is 0. The van der Waals surface area contributed by atoms with Crippen molar-refractivity contribution < 1.29 is 4.39 Å². The summed E-state index contributed by atoms with van der Waals surface area (Å²) in [6.45, 7) is 4.26. The van der Waals surface area contributed by atoms with Gasteiger partial charge in [-0.3, -0.25) is 5.43 Å². The first-order valence-corrected chi connectivity index (χ1v) is 8.43. The van der Waals surface area contributed by atoms with Gasteiger partial charge in [-0.05, 0) is 86.8 Å². The minimum atomic E-state index is -0.274. The van der Waals surface area contributed by atoms with Crippen molar-refractivity contribution in [1.29, 1.82) is 0 Å².